The summed E-state index contributed by atoms with van der Waals surface area (Å²) in [5.41, 5.74) is 10.8. The summed E-state index contributed by atoms with van der Waals surface area (Å²) in [5.74, 6) is -0.488. The highest BCUT2D eigenvalue weighted by Gasteiger charge is 2.18. The molecule has 20 heavy (non-hydrogen) atoms. The van der Waals surface area contributed by atoms with Gasteiger partial charge in [0.05, 0.1) is 5.02 Å². The predicted molar refractivity (Wildman–Crippen MR) is 81.0 cm³/mol. The Morgan fingerprint density at radius 1 is 1.35 bits per heavy atom. The molecule has 0 atom stereocenters. The Labute approximate surface area is 127 Å². The van der Waals surface area contributed by atoms with Crippen molar-refractivity contribution < 1.29 is 13.2 Å². The Morgan fingerprint density at radius 2 is 2.00 bits per heavy atom. The zero-order valence-electron chi connectivity index (χ0n) is 10.4. The van der Waals surface area contributed by atoms with Gasteiger partial charge in [0.15, 0.2) is 0 Å². The van der Waals surface area contributed by atoms with E-state index in [1.807, 2.05) is 0 Å². The van der Waals surface area contributed by atoms with Crippen LogP contribution in [0.2, 0.25) is 5.02 Å². The van der Waals surface area contributed by atoms with Gasteiger partial charge in [-0.15, -0.1) is 0 Å². The molecule has 6 nitrogen and oxygen atoms in total. The van der Waals surface area contributed by atoms with Gasteiger partial charge in [-0.3, -0.25) is 4.79 Å². The third kappa shape index (κ3) is 4.71. The maximum Gasteiger partial charge on any atom is 0.242 e. The molecule has 0 fully saturated rings. The van der Waals surface area contributed by atoms with E-state index in [-0.39, 0.29) is 27.9 Å². The highest BCUT2D eigenvalue weighted by atomic mass is 35.5. The number of carbonyl (C=O) groups excluding carboxylic acids is 1. The fourth-order valence-electron chi connectivity index (χ4n) is 1.41. The van der Waals surface area contributed by atoms with Gasteiger partial charge in [-0.2, -0.15) is 0 Å². The zero-order chi connectivity index (χ0) is 15.3. The number of thiocarbonyl (C=S) groups is 1. The van der Waals surface area contributed by atoms with Crippen LogP contribution in [-0.4, -0.2) is 25.9 Å². The van der Waals surface area contributed by atoms with Crippen LogP contribution in [0.15, 0.2) is 23.1 Å². The van der Waals surface area contributed by atoms with Gasteiger partial charge in [0.2, 0.25) is 15.9 Å². The largest absolute Gasteiger partial charge is 0.389 e. The zero-order valence-corrected chi connectivity index (χ0v) is 12.8. The van der Waals surface area contributed by atoms with E-state index < -0.39 is 15.9 Å². The Balaban J connectivity index is 2.89. The molecule has 0 saturated heterocycles. The summed E-state index contributed by atoms with van der Waals surface area (Å²) in [6.45, 7) is 0.0822. The summed E-state index contributed by atoms with van der Waals surface area (Å²) in [5, 5.41) is 0.0624. The summed E-state index contributed by atoms with van der Waals surface area (Å²) in [6.07, 6.45) is 0.407. The molecule has 0 aromatic heterocycles. The lowest BCUT2D eigenvalue weighted by molar-refractivity contribution is -0.118. The van der Waals surface area contributed by atoms with Gasteiger partial charge in [-0.05, 0) is 18.6 Å². The quantitative estimate of drug-likeness (QED) is 0.496. The molecule has 9 heteroatoms. The summed E-state index contributed by atoms with van der Waals surface area (Å²) in [6, 6.07) is 4.26. The average molecular weight is 336 g/mol. The van der Waals surface area contributed by atoms with Crippen LogP contribution >= 0.6 is 23.8 Å². The molecule has 0 aliphatic rings. The summed E-state index contributed by atoms with van der Waals surface area (Å²) >= 11 is 10.7. The van der Waals surface area contributed by atoms with Crippen molar-refractivity contribution in [2.45, 2.75) is 17.7 Å². The Morgan fingerprint density at radius 3 is 2.55 bits per heavy atom. The predicted octanol–water partition coefficient (Wildman–Crippen LogP) is 0.518. The van der Waals surface area contributed by atoms with Crippen LogP contribution < -0.4 is 16.2 Å². The Kier molecular flexibility index (Phi) is 5.88. The van der Waals surface area contributed by atoms with Gasteiger partial charge in [0.25, 0.3) is 0 Å². The van der Waals surface area contributed by atoms with E-state index in [1.54, 1.807) is 0 Å². The van der Waals surface area contributed by atoms with Crippen molar-refractivity contribution >= 4 is 44.7 Å². The number of benzene rings is 1. The van der Waals surface area contributed by atoms with Gasteiger partial charge >= 0.3 is 0 Å². The van der Waals surface area contributed by atoms with Crippen molar-refractivity contribution in [2.24, 2.45) is 11.5 Å². The molecular weight excluding hydrogens is 322 g/mol. The van der Waals surface area contributed by atoms with Crippen LogP contribution in [0.5, 0.6) is 0 Å². The van der Waals surface area contributed by atoms with E-state index in [0.29, 0.717) is 12.0 Å². The first-order chi connectivity index (χ1) is 9.24. The lowest BCUT2D eigenvalue weighted by Gasteiger charge is -2.09. The van der Waals surface area contributed by atoms with E-state index in [1.165, 1.54) is 18.2 Å². The van der Waals surface area contributed by atoms with E-state index in [4.69, 9.17) is 35.3 Å². The number of nitrogens with one attached hydrogen (secondary N) is 1. The number of nitrogens with two attached hydrogens (primary N) is 2. The maximum atomic E-state index is 12.1. The number of hydrogen-bond acceptors (Lipinski definition) is 4. The van der Waals surface area contributed by atoms with Gasteiger partial charge in [-0.25, -0.2) is 13.1 Å². The van der Waals surface area contributed by atoms with Crippen molar-refractivity contribution in [1.82, 2.24) is 4.72 Å². The molecule has 0 saturated carbocycles. The second-order valence-electron chi connectivity index (χ2n) is 3.98. The third-order valence-corrected chi connectivity index (χ3v) is 4.58. The molecule has 0 heterocycles. The van der Waals surface area contributed by atoms with Gasteiger partial charge in [0.1, 0.15) is 9.88 Å². The number of amides is 1. The number of carbonyl (C=O) groups is 1. The number of rotatable bonds is 7. The summed E-state index contributed by atoms with van der Waals surface area (Å²) < 4.78 is 26.5. The van der Waals surface area contributed by atoms with E-state index >= 15 is 0 Å². The monoisotopic (exact) mass is 335 g/mol. The molecule has 0 aliphatic heterocycles. The van der Waals surface area contributed by atoms with E-state index in [2.05, 4.69) is 4.72 Å². The maximum absolute atomic E-state index is 12.1. The number of hydrogen-bond donors (Lipinski definition) is 3. The molecule has 0 unspecified atom stereocenters. The number of sulfonamides is 1. The molecule has 1 rings (SSSR count). The minimum atomic E-state index is -3.79. The number of primary amides is 1. The molecule has 0 bridgehead atoms. The molecule has 5 N–H and O–H groups in total. The van der Waals surface area contributed by atoms with E-state index in [9.17, 15) is 13.2 Å². The molecule has 1 aromatic rings. The molecule has 0 radical (unpaired) electrons. The van der Waals surface area contributed by atoms with Crippen LogP contribution in [0.1, 0.15) is 18.4 Å². The molecule has 110 valence electrons. The normalized spacial score (nSPS) is 11.2. The van der Waals surface area contributed by atoms with Crippen molar-refractivity contribution in [3.63, 3.8) is 0 Å². The van der Waals surface area contributed by atoms with Crippen molar-refractivity contribution in [3.8, 4) is 0 Å². The molecule has 1 aromatic carbocycles. The third-order valence-electron chi connectivity index (χ3n) is 2.40. The number of halogens is 1. The van der Waals surface area contributed by atoms with Gasteiger partial charge in [-0.1, -0.05) is 29.9 Å². The smallest absolute Gasteiger partial charge is 0.242 e. The standard InChI is InChI=1S/C11H14ClN3O3S2/c12-8-4-3-7(11(14)19)6-9(8)20(17,18)15-5-1-2-10(13)16/h3-4,6,15H,1-2,5H2,(H2,13,16)(H2,14,19). The van der Waals surface area contributed by atoms with Crippen LogP contribution in [-0.2, 0) is 14.8 Å². The first-order valence-electron chi connectivity index (χ1n) is 5.61. The minimum Gasteiger partial charge on any atom is -0.389 e. The van der Waals surface area contributed by atoms with Gasteiger partial charge < -0.3 is 11.5 Å². The lowest BCUT2D eigenvalue weighted by Crippen LogP contribution is -2.26. The summed E-state index contributed by atoms with van der Waals surface area (Å²) in [7, 11) is -3.79. The van der Waals surface area contributed by atoms with Crippen LogP contribution in [0.25, 0.3) is 0 Å². The van der Waals surface area contributed by atoms with Crippen LogP contribution in [0, 0.1) is 0 Å². The highest BCUT2D eigenvalue weighted by Crippen LogP contribution is 2.22. The van der Waals surface area contributed by atoms with Crippen LogP contribution in [0.4, 0.5) is 0 Å². The van der Waals surface area contributed by atoms with E-state index in [0.717, 1.165) is 0 Å². The van der Waals surface area contributed by atoms with Crippen molar-refractivity contribution in [3.05, 3.63) is 28.8 Å². The molecule has 1 amide bonds. The molecule has 0 spiro atoms. The fourth-order valence-corrected chi connectivity index (χ4v) is 3.13. The first-order valence-corrected chi connectivity index (χ1v) is 7.88. The van der Waals surface area contributed by atoms with Crippen LogP contribution in [0.3, 0.4) is 0 Å². The molecular formula is C11H14ClN3O3S2. The average Bonchev–Trinajstić information content (AvgIpc) is 2.34. The van der Waals surface area contributed by atoms with Gasteiger partial charge in [0, 0.05) is 18.5 Å². The fraction of sp³-hybridized carbons (Fsp3) is 0.273. The minimum absolute atomic E-state index is 0.0624. The first kappa shape index (κ1) is 16.8. The lowest BCUT2D eigenvalue weighted by atomic mass is 10.2. The highest BCUT2D eigenvalue weighted by molar-refractivity contribution is 7.89. The van der Waals surface area contributed by atoms with Crippen molar-refractivity contribution in [1.29, 1.82) is 0 Å². The van der Waals surface area contributed by atoms with Crippen molar-refractivity contribution in [2.75, 3.05) is 6.54 Å². The topological polar surface area (TPSA) is 115 Å². The second-order valence-corrected chi connectivity index (χ2v) is 6.56. The summed E-state index contributed by atoms with van der Waals surface area (Å²) in [4.78, 5) is 10.5. The second kappa shape index (κ2) is 6.98. The SMILES string of the molecule is NC(=O)CCCNS(=O)(=O)c1cc(C(N)=S)ccc1Cl. The Hall–Kier alpha value is -1.22. The Bertz CT molecular complexity index is 632. The molecule has 0 aliphatic carbocycles.